The lowest BCUT2D eigenvalue weighted by Crippen LogP contribution is -1.99. The van der Waals surface area contributed by atoms with Crippen molar-refractivity contribution >= 4 is 76.6 Å². The maximum atomic E-state index is 6.92. The predicted molar refractivity (Wildman–Crippen MR) is 207 cm³/mol. The fourth-order valence-electron chi connectivity index (χ4n) is 8.40. The summed E-state index contributed by atoms with van der Waals surface area (Å²) in [5.41, 5.74) is 11.8. The Balaban J connectivity index is 1.37. The van der Waals surface area contributed by atoms with Gasteiger partial charge in [-0.1, -0.05) is 97.1 Å². The van der Waals surface area contributed by atoms with Crippen molar-refractivity contribution in [3.05, 3.63) is 152 Å². The van der Waals surface area contributed by atoms with Gasteiger partial charge < -0.3 is 18.1 Å². The van der Waals surface area contributed by atoms with Gasteiger partial charge in [0, 0.05) is 55.8 Å². The molecule has 0 aliphatic carbocycles. The van der Waals surface area contributed by atoms with Crippen LogP contribution < -0.4 is 0 Å². The Hall–Kier alpha value is -6.59. The molecule has 4 heterocycles. The van der Waals surface area contributed by atoms with Gasteiger partial charge in [0.15, 0.2) is 5.58 Å². The molecular formula is C45H30N4O. The first-order valence-corrected chi connectivity index (χ1v) is 17.2. The number of rotatable bonds is 4. The van der Waals surface area contributed by atoms with Crippen LogP contribution in [0.25, 0.3) is 99.3 Å². The molecule has 50 heavy (non-hydrogen) atoms. The summed E-state index contributed by atoms with van der Waals surface area (Å²) in [4.78, 5) is 5.13. The van der Waals surface area contributed by atoms with Crippen LogP contribution in [0.5, 0.6) is 0 Å². The number of hydrogen-bond acceptors (Lipinski definition) is 2. The molecule has 0 saturated heterocycles. The minimum absolute atomic E-state index is 0.834. The average molecular weight is 643 g/mol. The molecule has 0 N–H and O–H groups in total. The normalized spacial score (nSPS) is 12.2. The largest absolute Gasteiger partial charge is 0.454 e. The summed E-state index contributed by atoms with van der Waals surface area (Å²) in [5.74, 6) is 0.977. The SMILES string of the molecule is CCn1c(-c2cccc(-n3c4ccccc4c4c5c6ccccc6oc5c5c(c6ccccc6n5-c5ccccc5)c43)c2)nc2ccccc21. The van der Waals surface area contributed by atoms with E-state index >= 15 is 0 Å². The van der Waals surface area contributed by atoms with Gasteiger partial charge in [-0.25, -0.2) is 4.98 Å². The second-order valence-electron chi connectivity index (χ2n) is 13.0. The van der Waals surface area contributed by atoms with Gasteiger partial charge in [0.05, 0.1) is 33.1 Å². The maximum absolute atomic E-state index is 6.92. The standard InChI is InChI=1S/C45H30N4O/c1-2-47-37-25-12-9-22-34(37)46-45(47)28-15-14-18-30(27-28)49-35-23-10-6-19-31(35)39-40-33-21-8-13-26-38(33)50-44(40)43-41(42(39)49)32-20-7-11-24-36(32)48(43)29-16-4-3-5-17-29/h3-27H,2H2,1H3. The maximum Gasteiger partial charge on any atom is 0.160 e. The minimum atomic E-state index is 0.834. The van der Waals surface area contributed by atoms with Crippen LogP contribution in [0.2, 0.25) is 0 Å². The summed E-state index contributed by atoms with van der Waals surface area (Å²) < 4.78 is 14.1. The molecular weight excluding hydrogens is 613 g/mol. The fraction of sp³-hybridized carbons (Fsp3) is 0.0444. The zero-order chi connectivity index (χ0) is 32.9. The molecule has 4 aromatic heterocycles. The molecule has 0 amide bonds. The Kier molecular flexibility index (Phi) is 5.59. The fourth-order valence-corrected chi connectivity index (χ4v) is 8.40. The quantitative estimate of drug-likeness (QED) is 0.192. The van der Waals surface area contributed by atoms with Crippen molar-refractivity contribution in [2.24, 2.45) is 0 Å². The zero-order valence-electron chi connectivity index (χ0n) is 27.3. The van der Waals surface area contributed by atoms with Gasteiger partial charge in [-0.05, 0) is 61.5 Å². The lowest BCUT2D eigenvalue weighted by molar-refractivity contribution is 0.671. The van der Waals surface area contributed by atoms with E-state index in [0.29, 0.717) is 0 Å². The Morgan fingerprint density at radius 2 is 1.14 bits per heavy atom. The number of fused-ring (bicyclic) bond motifs is 13. The summed E-state index contributed by atoms with van der Waals surface area (Å²) >= 11 is 0. The number of hydrogen-bond donors (Lipinski definition) is 0. The van der Waals surface area contributed by atoms with Crippen LogP contribution in [0, 0.1) is 0 Å². The van der Waals surface area contributed by atoms with Gasteiger partial charge in [-0.2, -0.15) is 0 Å². The van der Waals surface area contributed by atoms with E-state index in [0.717, 1.165) is 78.8 Å². The number of nitrogens with zero attached hydrogens (tertiary/aromatic N) is 4. The molecule has 7 aromatic carbocycles. The monoisotopic (exact) mass is 642 g/mol. The molecule has 5 nitrogen and oxygen atoms in total. The van der Waals surface area contributed by atoms with E-state index in [1.165, 1.54) is 27.1 Å². The van der Waals surface area contributed by atoms with Crippen molar-refractivity contribution in [2.75, 3.05) is 0 Å². The number of furan rings is 1. The van der Waals surface area contributed by atoms with E-state index in [4.69, 9.17) is 9.40 Å². The molecule has 0 saturated carbocycles. The predicted octanol–water partition coefficient (Wildman–Crippen LogP) is 11.8. The molecule has 0 spiro atoms. The molecule has 0 radical (unpaired) electrons. The molecule has 0 bridgehead atoms. The third kappa shape index (κ3) is 3.58. The van der Waals surface area contributed by atoms with E-state index < -0.39 is 0 Å². The highest BCUT2D eigenvalue weighted by Gasteiger charge is 2.27. The molecule has 0 aliphatic heterocycles. The number of para-hydroxylation sites is 6. The van der Waals surface area contributed by atoms with Crippen LogP contribution in [0.15, 0.2) is 156 Å². The van der Waals surface area contributed by atoms with Crippen LogP contribution in [0.3, 0.4) is 0 Å². The Labute approximate surface area is 286 Å². The number of aromatic nitrogens is 4. The minimum Gasteiger partial charge on any atom is -0.454 e. The van der Waals surface area contributed by atoms with Gasteiger partial charge in [-0.3, -0.25) is 0 Å². The van der Waals surface area contributed by atoms with Gasteiger partial charge in [-0.15, -0.1) is 0 Å². The Morgan fingerprint density at radius 3 is 1.92 bits per heavy atom. The molecule has 11 aromatic rings. The van der Waals surface area contributed by atoms with Crippen molar-refractivity contribution in [2.45, 2.75) is 13.5 Å². The van der Waals surface area contributed by atoms with Gasteiger partial charge >= 0.3 is 0 Å². The second-order valence-corrected chi connectivity index (χ2v) is 13.0. The van der Waals surface area contributed by atoms with Crippen molar-refractivity contribution < 1.29 is 4.42 Å². The van der Waals surface area contributed by atoms with E-state index in [2.05, 4.69) is 172 Å². The van der Waals surface area contributed by atoms with Gasteiger partial charge in [0.2, 0.25) is 0 Å². The highest BCUT2D eigenvalue weighted by atomic mass is 16.3. The lowest BCUT2D eigenvalue weighted by Gasteiger charge is -2.13. The van der Waals surface area contributed by atoms with Crippen molar-refractivity contribution in [3.8, 4) is 22.8 Å². The van der Waals surface area contributed by atoms with E-state index in [9.17, 15) is 0 Å². The first-order chi connectivity index (χ1) is 24.8. The highest BCUT2D eigenvalue weighted by molar-refractivity contribution is 6.39. The summed E-state index contributed by atoms with van der Waals surface area (Å²) in [6.45, 7) is 3.02. The van der Waals surface area contributed by atoms with Crippen LogP contribution in [-0.2, 0) is 6.54 Å². The van der Waals surface area contributed by atoms with Crippen molar-refractivity contribution in [3.63, 3.8) is 0 Å². The molecule has 0 atom stereocenters. The number of imidazole rings is 1. The summed E-state index contributed by atoms with van der Waals surface area (Å²) in [7, 11) is 0. The number of benzene rings is 7. The van der Waals surface area contributed by atoms with Gasteiger partial charge in [0.25, 0.3) is 0 Å². The van der Waals surface area contributed by atoms with Crippen molar-refractivity contribution in [1.82, 2.24) is 18.7 Å². The summed E-state index contributed by atoms with van der Waals surface area (Å²) in [6.07, 6.45) is 0. The number of aryl methyl sites for hydroxylation is 1. The molecule has 0 unspecified atom stereocenters. The Morgan fingerprint density at radius 1 is 0.520 bits per heavy atom. The van der Waals surface area contributed by atoms with Crippen LogP contribution in [0.4, 0.5) is 0 Å². The van der Waals surface area contributed by atoms with E-state index in [1.54, 1.807) is 0 Å². The van der Waals surface area contributed by atoms with Crippen LogP contribution >= 0.6 is 0 Å². The second kappa shape index (κ2) is 10.2. The third-order valence-corrected chi connectivity index (χ3v) is 10.4. The topological polar surface area (TPSA) is 40.8 Å². The highest BCUT2D eigenvalue weighted by Crippen LogP contribution is 2.49. The molecule has 236 valence electrons. The lowest BCUT2D eigenvalue weighted by atomic mass is 10.0. The first-order valence-electron chi connectivity index (χ1n) is 17.2. The Bertz CT molecular complexity index is 3140. The average Bonchev–Trinajstić information content (AvgIpc) is 3.92. The van der Waals surface area contributed by atoms with E-state index in [1.807, 2.05) is 0 Å². The smallest absolute Gasteiger partial charge is 0.160 e. The van der Waals surface area contributed by atoms with Gasteiger partial charge in [0.1, 0.15) is 11.4 Å². The zero-order valence-corrected chi connectivity index (χ0v) is 27.3. The van der Waals surface area contributed by atoms with Crippen molar-refractivity contribution in [1.29, 1.82) is 0 Å². The summed E-state index contributed by atoms with van der Waals surface area (Å²) in [6, 6.07) is 54.0. The third-order valence-electron chi connectivity index (χ3n) is 10.4. The molecule has 5 heteroatoms. The first kappa shape index (κ1) is 27.4. The molecule has 0 aliphatic rings. The van der Waals surface area contributed by atoms with E-state index in [-0.39, 0.29) is 0 Å². The summed E-state index contributed by atoms with van der Waals surface area (Å²) in [5, 5.41) is 7.02. The molecule has 11 rings (SSSR count). The van der Waals surface area contributed by atoms with Crippen LogP contribution in [-0.4, -0.2) is 18.7 Å². The van der Waals surface area contributed by atoms with Crippen LogP contribution in [0.1, 0.15) is 6.92 Å². The molecule has 0 fully saturated rings.